The third-order valence-corrected chi connectivity index (χ3v) is 6.89. The molecule has 3 heterocycles. The second-order valence-corrected chi connectivity index (χ2v) is 9.25. The van der Waals surface area contributed by atoms with Crippen molar-refractivity contribution in [3.05, 3.63) is 88.5 Å². The van der Waals surface area contributed by atoms with E-state index in [0.717, 1.165) is 16.8 Å². The van der Waals surface area contributed by atoms with Crippen LogP contribution in [0.25, 0.3) is 0 Å². The van der Waals surface area contributed by atoms with Crippen molar-refractivity contribution in [3.63, 3.8) is 0 Å². The van der Waals surface area contributed by atoms with Crippen molar-refractivity contribution < 1.29 is 14.3 Å². The summed E-state index contributed by atoms with van der Waals surface area (Å²) in [5.74, 6) is -0.153. The Labute approximate surface area is 203 Å². The van der Waals surface area contributed by atoms with Gasteiger partial charge in [0.15, 0.2) is 5.69 Å². The topological polar surface area (TPSA) is 76.5 Å². The van der Waals surface area contributed by atoms with Crippen LogP contribution in [0.5, 0.6) is 0 Å². The molecule has 0 bridgehead atoms. The summed E-state index contributed by atoms with van der Waals surface area (Å²) in [5.41, 5.74) is 3.40. The van der Waals surface area contributed by atoms with Crippen molar-refractivity contribution >= 4 is 23.4 Å². The number of ether oxygens (including phenoxy) is 1. The van der Waals surface area contributed by atoms with Crippen LogP contribution in [0.4, 0.5) is 0 Å². The molecule has 8 heteroatoms. The SMILES string of the molecule is O=C(NCc1ccc(Cl)cc1)C1CCN(C(=O)c2ncn3c2CO[C@H](c2ccccc2)C3)CC1. The number of halogens is 1. The molecule has 3 aromatic rings. The zero-order chi connectivity index (χ0) is 23.5. The van der Waals surface area contributed by atoms with Gasteiger partial charge in [-0.3, -0.25) is 9.59 Å². The van der Waals surface area contributed by atoms with Gasteiger partial charge in [0.1, 0.15) is 6.10 Å². The zero-order valence-electron chi connectivity index (χ0n) is 18.8. The molecule has 1 saturated heterocycles. The van der Waals surface area contributed by atoms with Crippen molar-refractivity contribution in [1.29, 1.82) is 0 Å². The van der Waals surface area contributed by atoms with Crippen molar-refractivity contribution in [2.75, 3.05) is 13.1 Å². The smallest absolute Gasteiger partial charge is 0.274 e. The maximum Gasteiger partial charge on any atom is 0.274 e. The lowest BCUT2D eigenvalue weighted by molar-refractivity contribution is -0.126. The number of nitrogens with zero attached hydrogens (tertiary/aromatic N) is 3. The molecule has 0 saturated carbocycles. The summed E-state index contributed by atoms with van der Waals surface area (Å²) in [5, 5.41) is 3.68. The number of benzene rings is 2. The number of hydrogen-bond donors (Lipinski definition) is 1. The summed E-state index contributed by atoms with van der Waals surface area (Å²) < 4.78 is 8.07. The number of amides is 2. The Bertz CT molecular complexity index is 1150. The highest BCUT2D eigenvalue weighted by molar-refractivity contribution is 6.30. The van der Waals surface area contributed by atoms with Gasteiger partial charge in [-0.25, -0.2) is 4.98 Å². The first kappa shape index (κ1) is 22.6. The molecule has 176 valence electrons. The summed E-state index contributed by atoms with van der Waals surface area (Å²) in [6, 6.07) is 17.5. The van der Waals surface area contributed by atoms with Gasteiger partial charge in [0.25, 0.3) is 5.91 Å². The second-order valence-electron chi connectivity index (χ2n) is 8.81. The van der Waals surface area contributed by atoms with Crippen LogP contribution in [0.3, 0.4) is 0 Å². The first-order valence-corrected chi connectivity index (χ1v) is 12.0. The molecule has 1 N–H and O–H groups in total. The van der Waals surface area contributed by atoms with Crippen LogP contribution in [0.15, 0.2) is 60.9 Å². The molecule has 0 radical (unpaired) electrons. The van der Waals surface area contributed by atoms with Gasteiger partial charge < -0.3 is 19.5 Å². The molecule has 2 amide bonds. The molecule has 1 atom stereocenters. The number of hydrogen-bond acceptors (Lipinski definition) is 4. The van der Waals surface area contributed by atoms with Gasteiger partial charge in [0.05, 0.1) is 25.2 Å². The minimum atomic E-state index is -0.0952. The molecule has 2 aliphatic heterocycles. The summed E-state index contributed by atoms with van der Waals surface area (Å²) in [6.45, 7) is 2.54. The molecule has 1 aromatic heterocycles. The standard InChI is InChI=1S/C26H27ClN4O3/c27-21-8-6-18(7-9-21)14-28-25(32)20-10-12-30(13-11-20)26(33)24-22-16-34-23(15-31(22)17-29-24)19-4-2-1-3-5-19/h1-9,17,20,23H,10-16H2,(H,28,32)/t23-/m0/s1. The molecule has 7 nitrogen and oxygen atoms in total. The summed E-state index contributed by atoms with van der Waals surface area (Å²) >= 11 is 5.91. The highest BCUT2D eigenvalue weighted by atomic mass is 35.5. The second kappa shape index (κ2) is 9.99. The molecule has 2 aliphatic rings. The molecule has 0 unspecified atom stereocenters. The van der Waals surface area contributed by atoms with Gasteiger partial charge in [-0.1, -0.05) is 54.1 Å². The van der Waals surface area contributed by atoms with Gasteiger partial charge >= 0.3 is 0 Å². The Morgan fingerprint density at radius 1 is 1.06 bits per heavy atom. The predicted molar refractivity (Wildman–Crippen MR) is 128 cm³/mol. The van der Waals surface area contributed by atoms with E-state index in [1.807, 2.05) is 47.0 Å². The van der Waals surface area contributed by atoms with E-state index in [1.54, 1.807) is 11.2 Å². The molecule has 1 fully saturated rings. The van der Waals surface area contributed by atoms with Crippen LogP contribution >= 0.6 is 11.6 Å². The number of aromatic nitrogens is 2. The van der Waals surface area contributed by atoms with E-state index < -0.39 is 0 Å². The number of piperidine rings is 1. The van der Waals surface area contributed by atoms with E-state index in [1.165, 1.54) is 0 Å². The van der Waals surface area contributed by atoms with Crippen molar-refractivity contribution in [2.45, 2.75) is 38.6 Å². The fourth-order valence-electron chi connectivity index (χ4n) is 4.61. The lowest BCUT2D eigenvalue weighted by Crippen LogP contribution is -2.43. The van der Waals surface area contributed by atoms with Crippen molar-refractivity contribution in [2.24, 2.45) is 5.92 Å². The minimum Gasteiger partial charge on any atom is -0.365 e. The van der Waals surface area contributed by atoms with Gasteiger partial charge in [0.2, 0.25) is 5.91 Å². The maximum atomic E-state index is 13.2. The van der Waals surface area contributed by atoms with E-state index in [-0.39, 0.29) is 23.8 Å². The van der Waals surface area contributed by atoms with Crippen LogP contribution in [0, 0.1) is 5.92 Å². The zero-order valence-corrected chi connectivity index (χ0v) is 19.6. The van der Waals surface area contributed by atoms with E-state index in [9.17, 15) is 9.59 Å². The number of carbonyl (C=O) groups excluding carboxylic acids is 2. The number of rotatable bonds is 5. The third-order valence-electron chi connectivity index (χ3n) is 6.64. The average Bonchev–Trinajstić information content (AvgIpc) is 3.32. The maximum absolute atomic E-state index is 13.2. The lowest BCUT2D eigenvalue weighted by atomic mass is 9.95. The van der Waals surface area contributed by atoms with Crippen LogP contribution in [0.1, 0.15) is 46.3 Å². The number of carbonyl (C=O) groups is 2. The average molecular weight is 479 g/mol. The fourth-order valence-corrected chi connectivity index (χ4v) is 4.73. The Morgan fingerprint density at radius 2 is 1.79 bits per heavy atom. The first-order chi connectivity index (χ1) is 16.6. The molecule has 34 heavy (non-hydrogen) atoms. The Kier molecular flexibility index (Phi) is 6.65. The van der Waals surface area contributed by atoms with Crippen LogP contribution < -0.4 is 5.32 Å². The van der Waals surface area contributed by atoms with E-state index >= 15 is 0 Å². The van der Waals surface area contributed by atoms with E-state index in [4.69, 9.17) is 16.3 Å². The summed E-state index contributed by atoms with van der Waals surface area (Å²) in [7, 11) is 0. The molecule has 0 spiro atoms. The molecular weight excluding hydrogens is 452 g/mol. The first-order valence-electron chi connectivity index (χ1n) is 11.6. The van der Waals surface area contributed by atoms with Crippen molar-refractivity contribution in [3.8, 4) is 0 Å². The van der Waals surface area contributed by atoms with Gasteiger partial charge in [-0.15, -0.1) is 0 Å². The summed E-state index contributed by atoms with van der Waals surface area (Å²) in [6.07, 6.45) is 2.97. The molecule has 5 rings (SSSR count). The van der Waals surface area contributed by atoms with E-state index in [2.05, 4.69) is 22.4 Å². The largest absolute Gasteiger partial charge is 0.365 e. The number of nitrogens with one attached hydrogen (secondary N) is 1. The Morgan fingerprint density at radius 3 is 2.53 bits per heavy atom. The van der Waals surface area contributed by atoms with Gasteiger partial charge in [0, 0.05) is 30.6 Å². The van der Waals surface area contributed by atoms with E-state index in [0.29, 0.717) is 56.3 Å². The highest BCUT2D eigenvalue weighted by Gasteiger charge is 2.32. The van der Waals surface area contributed by atoms with Crippen molar-refractivity contribution in [1.82, 2.24) is 19.8 Å². The molecule has 2 aromatic carbocycles. The normalized spacial score (nSPS) is 18.4. The van der Waals surface area contributed by atoms with Crippen LogP contribution in [-0.4, -0.2) is 39.4 Å². The fraction of sp³-hybridized carbons (Fsp3) is 0.346. The number of imidazole rings is 1. The van der Waals surface area contributed by atoms with Crippen LogP contribution in [-0.2, 0) is 29.2 Å². The van der Waals surface area contributed by atoms with Crippen LogP contribution in [0.2, 0.25) is 5.02 Å². The monoisotopic (exact) mass is 478 g/mol. The predicted octanol–water partition coefficient (Wildman–Crippen LogP) is 3.98. The Hall–Kier alpha value is -3.16. The molecular formula is C26H27ClN4O3. The van der Waals surface area contributed by atoms with Gasteiger partial charge in [-0.2, -0.15) is 0 Å². The highest BCUT2D eigenvalue weighted by Crippen LogP contribution is 2.28. The third kappa shape index (κ3) is 4.86. The molecule has 0 aliphatic carbocycles. The minimum absolute atomic E-state index is 0.0294. The lowest BCUT2D eigenvalue weighted by Gasteiger charge is -2.31. The van der Waals surface area contributed by atoms with Gasteiger partial charge in [-0.05, 0) is 36.1 Å². The number of fused-ring (bicyclic) bond motifs is 1. The Balaban J connectivity index is 1.15. The quantitative estimate of drug-likeness (QED) is 0.602. The summed E-state index contributed by atoms with van der Waals surface area (Å²) in [4.78, 5) is 32.0. The number of likely N-dealkylation sites (tertiary alicyclic amines) is 1.